The zero-order chi connectivity index (χ0) is 11.0. The van der Waals surface area contributed by atoms with Crippen molar-refractivity contribution in [1.29, 1.82) is 0 Å². The third kappa shape index (κ3) is 3.62. The lowest BCUT2D eigenvalue weighted by atomic mass is 10.9. The summed E-state index contributed by atoms with van der Waals surface area (Å²) in [7, 11) is -2.83. The van der Waals surface area contributed by atoms with E-state index in [0.29, 0.717) is 35.6 Å². The second-order valence-electron chi connectivity index (χ2n) is 2.49. The monoisotopic (exact) mass is 238 g/mol. The van der Waals surface area contributed by atoms with Crippen LogP contribution in [0.5, 0.6) is 0 Å². The number of hydrogen-bond acceptors (Lipinski definition) is 4. The van der Waals surface area contributed by atoms with Crippen LogP contribution < -0.4 is 0 Å². The molecular weight excluding hydrogens is 220 g/mol. The van der Waals surface area contributed by atoms with Gasteiger partial charge in [0, 0.05) is 19.8 Å². The van der Waals surface area contributed by atoms with E-state index in [2.05, 4.69) is 0 Å². The van der Waals surface area contributed by atoms with Gasteiger partial charge in [-0.05, 0) is 27.7 Å². The molecule has 0 aromatic heterocycles. The van der Waals surface area contributed by atoms with Gasteiger partial charge in [0.05, 0.1) is 15.7 Å². The molecule has 0 aliphatic heterocycles. The zero-order valence-corrected chi connectivity index (χ0v) is 11.0. The summed E-state index contributed by atoms with van der Waals surface area (Å²) in [5.74, 6) is 0. The Hall–Kier alpha value is -0.0131. The van der Waals surface area contributed by atoms with Crippen LogP contribution >= 0.6 is 0 Å². The molecule has 6 heteroatoms. The van der Waals surface area contributed by atoms with Gasteiger partial charge in [-0.2, -0.15) is 0 Å². The molecule has 0 radical (unpaired) electrons. The predicted molar refractivity (Wildman–Crippen MR) is 59.5 cm³/mol. The standard InChI is InChI=1S/C8H18O4SSi/c1-5-10-14(11-6-2,12-7-3)8(4)13-9/h5-7H2,1-4H3. The molecule has 0 aromatic carbocycles. The lowest BCUT2D eigenvalue weighted by Gasteiger charge is -2.26. The van der Waals surface area contributed by atoms with Gasteiger partial charge in [-0.25, -0.2) is 4.21 Å². The van der Waals surface area contributed by atoms with Crippen molar-refractivity contribution in [3.8, 4) is 0 Å². The maximum atomic E-state index is 10.8. The van der Waals surface area contributed by atoms with E-state index in [1.807, 2.05) is 20.8 Å². The van der Waals surface area contributed by atoms with E-state index in [9.17, 15) is 4.21 Å². The Labute approximate surface area is 90.0 Å². The molecule has 0 aliphatic rings. The first-order valence-corrected chi connectivity index (χ1v) is 7.19. The first-order valence-electron chi connectivity index (χ1n) is 4.72. The zero-order valence-electron chi connectivity index (χ0n) is 9.16. The van der Waals surface area contributed by atoms with Crippen LogP contribution in [0.3, 0.4) is 0 Å². The Morgan fingerprint density at radius 1 is 1.07 bits per heavy atom. The highest BCUT2D eigenvalue weighted by molar-refractivity contribution is 7.71. The van der Waals surface area contributed by atoms with Crippen molar-refractivity contribution in [3.63, 3.8) is 0 Å². The number of hydrogen-bond donors (Lipinski definition) is 0. The summed E-state index contributed by atoms with van der Waals surface area (Å²) in [5, 5.41) is 0. The topological polar surface area (TPSA) is 44.8 Å². The van der Waals surface area contributed by atoms with E-state index in [1.54, 1.807) is 6.92 Å². The maximum absolute atomic E-state index is 10.8. The summed E-state index contributed by atoms with van der Waals surface area (Å²) in [6, 6.07) is 0. The largest absolute Gasteiger partial charge is 0.546 e. The fraction of sp³-hybridized carbons (Fsp3) is 0.875. The van der Waals surface area contributed by atoms with Crippen LogP contribution in [-0.4, -0.2) is 37.3 Å². The van der Waals surface area contributed by atoms with Gasteiger partial charge in [0.2, 0.25) is 0 Å². The van der Waals surface area contributed by atoms with E-state index < -0.39 is 8.80 Å². The fourth-order valence-corrected chi connectivity index (χ4v) is 3.99. The lowest BCUT2D eigenvalue weighted by Crippen LogP contribution is -2.53. The first-order chi connectivity index (χ1) is 6.66. The molecule has 0 saturated heterocycles. The SMILES string of the molecule is CCO[Si](OCC)(OCC)C(C)=S=O. The summed E-state index contributed by atoms with van der Waals surface area (Å²) in [6.07, 6.45) is 0. The van der Waals surface area contributed by atoms with E-state index in [0.717, 1.165) is 0 Å². The third-order valence-electron chi connectivity index (χ3n) is 1.56. The molecule has 0 heterocycles. The van der Waals surface area contributed by atoms with Gasteiger partial charge in [0.15, 0.2) is 0 Å². The van der Waals surface area contributed by atoms with E-state index in [4.69, 9.17) is 13.3 Å². The predicted octanol–water partition coefficient (Wildman–Crippen LogP) is 0.979. The average molecular weight is 238 g/mol. The summed E-state index contributed by atoms with van der Waals surface area (Å²) >= 11 is 0.405. The van der Waals surface area contributed by atoms with Gasteiger partial charge >= 0.3 is 8.80 Å². The Morgan fingerprint density at radius 3 is 1.64 bits per heavy atom. The minimum absolute atomic E-state index is 0.405. The molecule has 14 heavy (non-hydrogen) atoms. The molecule has 4 nitrogen and oxygen atoms in total. The minimum Gasteiger partial charge on any atom is -0.370 e. The van der Waals surface area contributed by atoms with Gasteiger partial charge in [0.1, 0.15) is 0 Å². The maximum Gasteiger partial charge on any atom is 0.546 e. The summed E-state index contributed by atoms with van der Waals surface area (Å²) in [5.41, 5.74) is 0. The van der Waals surface area contributed by atoms with Crippen molar-refractivity contribution >= 4 is 24.5 Å². The van der Waals surface area contributed by atoms with Crippen molar-refractivity contribution in [1.82, 2.24) is 0 Å². The molecule has 0 rings (SSSR count). The quantitative estimate of drug-likeness (QED) is 0.490. The smallest absolute Gasteiger partial charge is 0.370 e. The minimum atomic E-state index is -2.83. The normalized spacial score (nSPS) is 11.4. The molecule has 0 atom stereocenters. The van der Waals surface area contributed by atoms with Crippen LogP contribution in [0.4, 0.5) is 0 Å². The van der Waals surface area contributed by atoms with Crippen LogP contribution in [0.1, 0.15) is 27.7 Å². The highest BCUT2D eigenvalue weighted by Crippen LogP contribution is 2.11. The highest BCUT2D eigenvalue weighted by atomic mass is 32.1. The third-order valence-corrected chi connectivity index (χ3v) is 5.68. The van der Waals surface area contributed by atoms with Crippen molar-refractivity contribution in [2.24, 2.45) is 0 Å². The van der Waals surface area contributed by atoms with Crippen molar-refractivity contribution in [2.45, 2.75) is 27.7 Å². The Balaban J connectivity index is 4.81. The molecule has 0 saturated carbocycles. The van der Waals surface area contributed by atoms with Gasteiger partial charge in [-0.15, -0.1) is 0 Å². The summed E-state index contributed by atoms with van der Waals surface area (Å²) < 4.78 is 27.8. The van der Waals surface area contributed by atoms with E-state index in [-0.39, 0.29) is 0 Å². The summed E-state index contributed by atoms with van der Waals surface area (Å²) in [6.45, 7) is 8.77. The average Bonchev–Trinajstić information content (AvgIpc) is 2.17. The molecule has 0 spiro atoms. The van der Waals surface area contributed by atoms with Gasteiger partial charge in [-0.3, -0.25) is 0 Å². The van der Waals surface area contributed by atoms with Crippen molar-refractivity contribution in [3.05, 3.63) is 0 Å². The van der Waals surface area contributed by atoms with Gasteiger partial charge < -0.3 is 13.3 Å². The van der Waals surface area contributed by atoms with Crippen LogP contribution in [0.15, 0.2) is 0 Å². The molecule has 0 fully saturated rings. The lowest BCUT2D eigenvalue weighted by molar-refractivity contribution is 0.0904. The van der Waals surface area contributed by atoms with Crippen LogP contribution in [0.2, 0.25) is 0 Å². The Bertz CT molecular complexity index is 198. The first kappa shape index (κ1) is 14.0. The van der Waals surface area contributed by atoms with Gasteiger partial charge in [0.25, 0.3) is 0 Å². The van der Waals surface area contributed by atoms with Gasteiger partial charge in [-0.1, -0.05) is 0 Å². The van der Waals surface area contributed by atoms with Crippen LogP contribution in [0, 0.1) is 0 Å². The molecule has 0 N–H and O–H groups in total. The van der Waals surface area contributed by atoms with Crippen molar-refractivity contribution in [2.75, 3.05) is 19.8 Å². The molecule has 0 aromatic rings. The Morgan fingerprint density at radius 2 is 1.43 bits per heavy atom. The van der Waals surface area contributed by atoms with Crippen LogP contribution in [-0.2, 0) is 24.5 Å². The molecule has 84 valence electrons. The molecule has 0 unspecified atom stereocenters. The fourth-order valence-electron chi connectivity index (χ4n) is 1.05. The van der Waals surface area contributed by atoms with E-state index >= 15 is 0 Å². The molecule has 0 amide bonds. The molecular formula is C8H18O4SSi. The number of rotatable bonds is 7. The van der Waals surface area contributed by atoms with E-state index in [1.165, 1.54) is 0 Å². The molecule has 0 aliphatic carbocycles. The highest BCUT2D eigenvalue weighted by Gasteiger charge is 2.44. The Kier molecular flexibility index (Phi) is 7.29. The van der Waals surface area contributed by atoms with Crippen molar-refractivity contribution < 1.29 is 17.5 Å². The van der Waals surface area contributed by atoms with Crippen LogP contribution in [0.25, 0.3) is 0 Å². The molecule has 0 bridgehead atoms. The second kappa shape index (κ2) is 7.30. The second-order valence-corrected chi connectivity index (χ2v) is 6.36. The summed E-state index contributed by atoms with van der Waals surface area (Å²) in [4.78, 5) is 0.